The lowest BCUT2D eigenvalue weighted by atomic mass is 9.97. The van der Waals surface area contributed by atoms with Crippen LogP contribution in [-0.4, -0.2) is 11.2 Å². The minimum absolute atomic E-state index is 0. The Kier molecular flexibility index (Phi) is 8.09. The number of nitrogens with two attached hydrogens (primary N) is 1. The van der Waals surface area contributed by atoms with Gasteiger partial charge in [0.15, 0.2) is 0 Å². The van der Waals surface area contributed by atoms with Crippen LogP contribution in [0.1, 0.15) is 43.4 Å². The molecule has 1 rings (SSSR count). The van der Waals surface area contributed by atoms with Crippen molar-refractivity contribution in [3.63, 3.8) is 0 Å². The van der Waals surface area contributed by atoms with E-state index in [4.69, 9.17) is 5.73 Å². The Balaban J connectivity index is 0.00000361. The molecular formula is C13H18BrClF3NO. The number of rotatable bonds is 5. The summed E-state index contributed by atoms with van der Waals surface area (Å²) in [5.41, 5.74) is 5.34. The lowest BCUT2D eigenvalue weighted by Crippen LogP contribution is -2.26. The Hall–Kier alpha value is -0.300. The SMILES string of the molecule is CCCC[C@@H](O)[C@@H](N)c1cc(Br)cc(C(F)(F)F)c1.Cl. The lowest BCUT2D eigenvalue weighted by molar-refractivity contribution is -0.137. The first-order valence-electron chi connectivity index (χ1n) is 6.07. The fourth-order valence-corrected chi connectivity index (χ4v) is 2.29. The average molecular weight is 377 g/mol. The van der Waals surface area contributed by atoms with E-state index in [1.165, 1.54) is 6.07 Å². The molecule has 0 radical (unpaired) electrons. The number of hydrogen-bond donors (Lipinski definition) is 2. The molecule has 0 aliphatic carbocycles. The van der Waals surface area contributed by atoms with Crippen LogP contribution in [0, 0.1) is 0 Å². The smallest absolute Gasteiger partial charge is 0.391 e. The molecule has 0 saturated carbocycles. The lowest BCUT2D eigenvalue weighted by Gasteiger charge is -2.20. The second-order valence-electron chi connectivity index (χ2n) is 4.51. The molecule has 7 heteroatoms. The largest absolute Gasteiger partial charge is 0.416 e. The quantitative estimate of drug-likeness (QED) is 0.798. The van der Waals surface area contributed by atoms with Gasteiger partial charge < -0.3 is 10.8 Å². The molecule has 0 aliphatic rings. The van der Waals surface area contributed by atoms with E-state index in [1.54, 1.807) is 0 Å². The van der Waals surface area contributed by atoms with E-state index >= 15 is 0 Å². The first kappa shape index (κ1) is 19.7. The van der Waals surface area contributed by atoms with Gasteiger partial charge >= 0.3 is 6.18 Å². The number of benzene rings is 1. The zero-order chi connectivity index (χ0) is 14.6. The Morgan fingerprint density at radius 1 is 1.30 bits per heavy atom. The molecule has 0 spiro atoms. The Labute approximate surface area is 131 Å². The third-order valence-corrected chi connectivity index (χ3v) is 3.36. The fraction of sp³-hybridized carbons (Fsp3) is 0.538. The number of alkyl halides is 3. The Bertz CT molecular complexity index is 429. The van der Waals surface area contributed by atoms with Crippen LogP contribution in [0.5, 0.6) is 0 Å². The average Bonchev–Trinajstić information content (AvgIpc) is 2.33. The molecule has 0 aromatic heterocycles. The minimum atomic E-state index is -4.42. The molecule has 0 fully saturated rings. The van der Waals surface area contributed by atoms with E-state index in [0.717, 1.165) is 25.0 Å². The van der Waals surface area contributed by atoms with Crippen molar-refractivity contribution in [1.82, 2.24) is 0 Å². The predicted octanol–water partition coefficient (Wildman–Crippen LogP) is 4.44. The van der Waals surface area contributed by atoms with Crippen molar-refractivity contribution in [3.05, 3.63) is 33.8 Å². The van der Waals surface area contributed by atoms with Crippen molar-refractivity contribution in [2.75, 3.05) is 0 Å². The van der Waals surface area contributed by atoms with Crippen molar-refractivity contribution in [2.24, 2.45) is 5.73 Å². The minimum Gasteiger partial charge on any atom is -0.391 e. The molecule has 2 atom stereocenters. The van der Waals surface area contributed by atoms with Crippen LogP contribution >= 0.6 is 28.3 Å². The number of unbranched alkanes of at least 4 members (excludes halogenated alkanes) is 1. The maximum Gasteiger partial charge on any atom is 0.416 e. The summed E-state index contributed by atoms with van der Waals surface area (Å²) in [6, 6.07) is 2.68. The van der Waals surface area contributed by atoms with Gasteiger partial charge in [-0.3, -0.25) is 0 Å². The molecule has 0 aliphatic heterocycles. The van der Waals surface area contributed by atoms with Crippen molar-refractivity contribution in [1.29, 1.82) is 0 Å². The summed E-state index contributed by atoms with van der Waals surface area (Å²) in [4.78, 5) is 0. The van der Waals surface area contributed by atoms with Gasteiger partial charge in [-0.2, -0.15) is 13.2 Å². The van der Waals surface area contributed by atoms with Gasteiger partial charge in [0.1, 0.15) is 0 Å². The molecule has 0 bridgehead atoms. The summed E-state index contributed by atoms with van der Waals surface area (Å²) >= 11 is 3.04. The van der Waals surface area contributed by atoms with Crippen LogP contribution in [0.2, 0.25) is 0 Å². The first-order valence-corrected chi connectivity index (χ1v) is 6.86. The highest BCUT2D eigenvalue weighted by Crippen LogP contribution is 2.33. The highest BCUT2D eigenvalue weighted by Gasteiger charge is 2.32. The summed E-state index contributed by atoms with van der Waals surface area (Å²) in [6.07, 6.45) is -3.10. The van der Waals surface area contributed by atoms with Crippen molar-refractivity contribution < 1.29 is 18.3 Å². The molecular weight excluding hydrogens is 358 g/mol. The van der Waals surface area contributed by atoms with Crippen LogP contribution < -0.4 is 5.73 Å². The van der Waals surface area contributed by atoms with E-state index in [1.807, 2.05) is 6.92 Å². The second-order valence-corrected chi connectivity index (χ2v) is 5.42. The van der Waals surface area contributed by atoms with Gasteiger partial charge in [-0.25, -0.2) is 0 Å². The van der Waals surface area contributed by atoms with Crippen molar-refractivity contribution in [2.45, 2.75) is 44.5 Å². The van der Waals surface area contributed by atoms with Gasteiger partial charge in [0.25, 0.3) is 0 Å². The monoisotopic (exact) mass is 375 g/mol. The van der Waals surface area contributed by atoms with Crippen LogP contribution in [-0.2, 0) is 6.18 Å². The Morgan fingerprint density at radius 3 is 2.40 bits per heavy atom. The van der Waals surface area contributed by atoms with E-state index in [0.29, 0.717) is 10.9 Å². The molecule has 20 heavy (non-hydrogen) atoms. The highest BCUT2D eigenvalue weighted by atomic mass is 79.9. The van der Waals surface area contributed by atoms with Crippen LogP contribution in [0.25, 0.3) is 0 Å². The molecule has 0 saturated heterocycles. The summed E-state index contributed by atoms with van der Waals surface area (Å²) in [7, 11) is 0. The maximum absolute atomic E-state index is 12.7. The Morgan fingerprint density at radius 2 is 1.90 bits per heavy atom. The van der Waals surface area contributed by atoms with Crippen molar-refractivity contribution in [3.8, 4) is 0 Å². The molecule has 0 amide bonds. The second kappa shape index (κ2) is 8.22. The third-order valence-electron chi connectivity index (χ3n) is 2.90. The van der Waals surface area contributed by atoms with E-state index in [2.05, 4.69) is 15.9 Å². The maximum atomic E-state index is 12.7. The zero-order valence-corrected chi connectivity index (χ0v) is 13.4. The summed E-state index contributed by atoms with van der Waals surface area (Å²) in [5.74, 6) is 0. The number of aliphatic hydroxyl groups excluding tert-OH is 1. The third kappa shape index (κ3) is 5.60. The summed E-state index contributed by atoms with van der Waals surface area (Å²) < 4.78 is 38.4. The van der Waals surface area contributed by atoms with Gasteiger partial charge in [-0.1, -0.05) is 35.7 Å². The standard InChI is InChI=1S/C13H17BrF3NO.ClH/c1-2-3-4-11(19)12(18)8-5-9(13(15,16)17)7-10(14)6-8;/h5-7,11-12,19H,2-4,18H2,1H3;1H/t11-,12+;/m1./s1. The molecule has 0 heterocycles. The highest BCUT2D eigenvalue weighted by molar-refractivity contribution is 9.10. The molecule has 0 unspecified atom stereocenters. The number of aliphatic hydroxyl groups is 1. The summed E-state index contributed by atoms with van der Waals surface area (Å²) in [6.45, 7) is 1.97. The zero-order valence-electron chi connectivity index (χ0n) is 11.0. The predicted molar refractivity (Wildman–Crippen MR) is 78.9 cm³/mol. The number of hydrogen-bond acceptors (Lipinski definition) is 2. The van der Waals surface area contributed by atoms with Crippen LogP contribution in [0.4, 0.5) is 13.2 Å². The topological polar surface area (TPSA) is 46.2 Å². The molecule has 1 aromatic rings. The van der Waals surface area contributed by atoms with Gasteiger partial charge in [-0.05, 0) is 30.2 Å². The van der Waals surface area contributed by atoms with E-state index < -0.39 is 23.9 Å². The van der Waals surface area contributed by atoms with Gasteiger partial charge in [0, 0.05) is 4.47 Å². The van der Waals surface area contributed by atoms with Gasteiger partial charge in [-0.15, -0.1) is 12.4 Å². The van der Waals surface area contributed by atoms with E-state index in [-0.39, 0.29) is 18.0 Å². The fourth-order valence-electron chi connectivity index (χ4n) is 1.78. The molecule has 1 aromatic carbocycles. The normalized spacial score (nSPS) is 14.6. The van der Waals surface area contributed by atoms with Crippen LogP contribution in [0.3, 0.4) is 0 Å². The van der Waals surface area contributed by atoms with Gasteiger partial charge in [0.05, 0.1) is 17.7 Å². The number of halogens is 5. The van der Waals surface area contributed by atoms with Crippen molar-refractivity contribution >= 4 is 28.3 Å². The first-order chi connectivity index (χ1) is 8.75. The molecule has 116 valence electrons. The summed E-state index contributed by atoms with van der Waals surface area (Å²) in [5, 5.41) is 9.87. The van der Waals surface area contributed by atoms with Gasteiger partial charge in [0.2, 0.25) is 0 Å². The van der Waals surface area contributed by atoms with E-state index in [9.17, 15) is 18.3 Å². The molecule has 3 N–H and O–H groups in total. The molecule has 2 nitrogen and oxygen atoms in total. The van der Waals surface area contributed by atoms with Crippen LogP contribution in [0.15, 0.2) is 22.7 Å².